The number of hydrogen-bond donors (Lipinski definition) is 4. The molecular formula is C23H26ClF2N3O3. The number of alkyl halides is 2. The van der Waals surface area contributed by atoms with Crippen LogP contribution in [-0.4, -0.2) is 39.5 Å². The van der Waals surface area contributed by atoms with Gasteiger partial charge in [-0.1, -0.05) is 41.9 Å². The standard InChI is InChI=1S/C23H26ClF2N3O3/c1-13-2-5-17(9-18(13)24)23(25,26)22(32)27-10-14-3-4-15-11-29(12-16(15)8-14)19-6-7-20(30)28-21(19)31/h2-5,8-9,19-20,22,27,30,32H,6-7,10-12H2,1H3,(H,28,31)/t19?,20-,22+/m0/s1. The van der Waals surface area contributed by atoms with Gasteiger partial charge in [0, 0.05) is 30.2 Å². The van der Waals surface area contributed by atoms with E-state index >= 15 is 0 Å². The van der Waals surface area contributed by atoms with E-state index in [1.54, 1.807) is 6.92 Å². The van der Waals surface area contributed by atoms with Crippen LogP contribution in [0.1, 0.15) is 40.7 Å². The number of aliphatic hydroxyl groups excluding tert-OH is 2. The molecule has 0 saturated carbocycles. The van der Waals surface area contributed by atoms with Gasteiger partial charge in [-0.05, 0) is 48.1 Å². The molecule has 32 heavy (non-hydrogen) atoms. The molecule has 2 aliphatic heterocycles. The molecule has 6 nitrogen and oxygen atoms in total. The number of rotatable bonds is 6. The number of hydrogen-bond acceptors (Lipinski definition) is 5. The summed E-state index contributed by atoms with van der Waals surface area (Å²) >= 11 is 5.96. The summed E-state index contributed by atoms with van der Waals surface area (Å²) in [6, 6.07) is 9.29. The van der Waals surface area contributed by atoms with Crippen LogP contribution >= 0.6 is 11.6 Å². The molecule has 0 aliphatic carbocycles. The van der Waals surface area contributed by atoms with Crippen LogP contribution in [0.5, 0.6) is 0 Å². The van der Waals surface area contributed by atoms with E-state index in [9.17, 15) is 23.8 Å². The Morgan fingerprint density at radius 2 is 1.97 bits per heavy atom. The minimum Gasteiger partial charge on any atom is -0.374 e. The van der Waals surface area contributed by atoms with Crippen molar-refractivity contribution in [2.75, 3.05) is 0 Å². The van der Waals surface area contributed by atoms with Gasteiger partial charge in [0.2, 0.25) is 5.91 Å². The molecule has 2 aliphatic rings. The van der Waals surface area contributed by atoms with Crippen LogP contribution in [0.25, 0.3) is 0 Å². The number of nitrogens with one attached hydrogen (secondary N) is 2. The third-order valence-corrected chi connectivity index (χ3v) is 6.59. The monoisotopic (exact) mass is 465 g/mol. The molecule has 0 bridgehead atoms. The minimum absolute atomic E-state index is 0.0553. The number of nitrogens with zero attached hydrogens (tertiary/aromatic N) is 1. The molecule has 2 heterocycles. The van der Waals surface area contributed by atoms with Crippen LogP contribution in [0.3, 0.4) is 0 Å². The summed E-state index contributed by atoms with van der Waals surface area (Å²) in [5, 5.41) is 25.0. The summed E-state index contributed by atoms with van der Waals surface area (Å²) in [7, 11) is 0. The number of fused-ring (bicyclic) bond motifs is 1. The summed E-state index contributed by atoms with van der Waals surface area (Å²) in [6.07, 6.45) is -1.78. The van der Waals surface area contributed by atoms with Crippen molar-refractivity contribution in [2.45, 2.75) is 63.8 Å². The van der Waals surface area contributed by atoms with Gasteiger partial charge in [0.15, 0.2) is 6.23 Å². The van der Waals surface area contributed by atoms with Crippen LogP contribution in [0.2, 0.25) is 5.02 Å². The molecule has 0 spiro atoms. The molecule has 1 fully saturated rings. The first-order valence-corrected chi connectivity index (χ1v) is 10.9. The summed E-state index contributed by atoms with van der Waals surface area (Å²) < 4.78 is 29.3. The first kappa shape index (κ1) is 23.1. The summed E-state index contributed by atoms with van der Waals surface area (Å²) in [5.41, 5.74) is 3.19. The number of amides is 1. The number of piperidine rings is 1. The van der Waals surface area contributed by atoms with Gasteiger partial charge >= 0.3 is 5.92 Å². The van der Waals surface area contributed by atoms with Gasteiger partial charge < -0.3 is 15.5 Å². The summed E-state index contributed by atoms with van der Waals surface area (Å²) in [5.74, 6) is -3.69. The molecule has 3 atom stereocenters. The van der Waals surface area contributed by atoms with Gasteiger partial charge in [-0.2, -0.15) is 8.78 Å². The second-order valence-corrected chi connectivity index (χ2v) is 8.90. The Morgan fingerprint density at radius 1 is 1.22 bits per heavy atom. The Bertz CT molecular complexity index is 1020. The normalized spacial score (nSPS) is 22.5. The number of carbonyl (C=O) groups is 1. The number of aliphatic hydroxyl groups is 2. The molecule has 1 saturated heterocycles. The highest BCUT2D eigenvalue weighted by molar-refractivity contribution is 6.31. The molecule has 1 amide bonds. The zero-order valence-corrected chi connectivity index (χ0v) is 18.4. The van der Waals surface area contributed by atoms with E-state index in [2.05, 4.69) is 10.6 Å². The van der Waals surface area contributed by atoms with E-state index in [1.807, 2.05) is 23.1 Å². The molecule has 172 valence electrons. The van der Waals surface area contributed by atoms with Crippen molar-refractivity contribution in [3.8, 4) is 0 Å². The predicted molar refractivity (Wildman–Crippen MR) is 116 cm³/mol. The van der Waals surface area contributed by atoms with Crippen molar-refractivity contribution in [3.05, 3.63) is 69.2 Å². The van der Waals surface area contributed by atoms with Crippen LogP contribution in [0.15, 0.2) is 36.4 Å². The third kappa shape index (κ3) is 4.65. The van der Waals surface area contributed by atoms with Crippen molar-refractivity contribution in [2.24, 2.45) is 0 Å². The highest BCUT2D eigenvalue weighted by atomic mass is 35.5. The molecule has 9 heteroatoms. The Hall–Kier alpha value is -2.10. The lowest BCUT2D eigenvalue weighted by Crippen LogP contribution is -2.52. The third-order valence-electron chi connectivity index (χ3n) is 6.18. The van der Waals surface area contributed by atoms with E-state index in [4.69, 9.17) is 11.6 Å². The maximum Gasteiger partial charge on any atom is 0.311 e. The van der Waals surface area contributed by atoms with Crippen LogP contribution < -0.4 is 10.6 Å². The minimum atomic E-state index is -3.51. The molecule has 4 N–H and O–H groups in total. The van der Waals surface area contributed by atoms with Gasteiger partial charge in [-0.25, -0.2) is 0 Å². The van der Waals surface area contributed by atoms with Crippen molar-refractivity contribution in [1.82, 2.24) is 15.5 Å². The van der Waals surface area contributed by atoms with Gasteiger partial charge in [-0.15, -0.1) is 0 Å². The fourth-order valence-electron chi connectivity index (χ4n) is 4.23. The van der Waals surface area contributed by atoms with E-state index in [-0.39, 0.29) is 29.1 Å². The maximum atomic E-state index is 14.7. The quantitative estimate of drug-likeness (QED) is 0.493. The Morgan fingerprint density at radius 3 is 2.69 bits per heavy atom. The SMILES string of the molecule is Cc1ccc(C(F)(F)[C@@H](O)NCc2ccc3c(c2)CN(C2CC[C@H](O)NC2=O)C3)cc1Cl. The van der Waals surface area contributed by atoms with E-state index in [0.29, 0.717) is 31.5 Å². The van der Waals surface area contributed by atoms with E-state index < -0.39 is 18.4 Å². The zero-order valence-electron chi connectivity index (χ0n) is 17.6. The molecule has 0 radical (unpaired) electrons. The van der Waals surface area contributed by atoms with Crippen molar-refractivity contribution >= 4 is 17.5 Å². The number of halogens is 3. The van der Waals surface area contributed by atoms with Gasteiger partial charge in [0.1, 0.15) is 6.23 Å². The van der Waals surface area contributed by atoms with Crippen LogP contribution in [0, 0.1) is 6.92 Å². The largest absolute Gasteiger partial charge is 0.374 e. The average molecular weight is 466 g/mol. The maximum absolute atomic E-state index is 14.7. The molecule has 2 aromatic rings. The fraction of sp³-hybridized carbons (Fsp3) is 0.435. The van der Waals surface area contributed by atoms with E-state index in [1.165, 1.54) is 18.2 Å². The molecule has 4 rings (SSSR count). The average Bonchev–Trinajstić information content (AvgIpc) is 3.16. The molecule has 0 aromatic heterocycles. The van der Waals surface area contributed by atoms with Gasteiger partial charge in [-0.3, -0.25) is 15.0 Å². The Kier molecular flexibility index (Phi) is 6.51. The van der Waals surface area contributed by atoms with Gasteiger partial charge in [0.25, 0.3) is 0 Å². The molecular weight excluding hydrogens is 440 g/mol. The highest BCUT2D eigenvalue weighted by Crippen LogP contribution is 2.34. The fourth-order valence-corrected chi connectivity index (χ4v) is 4.41. The number of benzene rings is 2. The Balaban J connectivity index is 1.38. The van der Waals surface area contributed by atoms with Crippen molar-refractivity contribution in [3.63, 3.8) is 0 Å². The first-order valence-electron chi connectivity index (χ1n) is 10.5. The molecule has 1 unspecified atom stereocenters. The van der Waals surface area contributed by atoms with Gasteiger partial charge in [0.05, 0.1) is 6.04 Å². The van der Waals surface area contributed by atoms with Crippen molar-refractivity contribution in [1.29, 1.82) is 0 Å². The van der Waals surface area contributed by atoms with E-state index in [0.717, 1.165) is 16.7 Å². The highest BCUT2D eigenvalue weighted by Gasteiger charge is 2.40. The first-order chi connectivity index (χ1) is 15.1. The smallest absolute Gasteiger partial charge is 0.311 e. The number of carbonyl (C=O) groups excluding carboxylic acids is 1. The Labute approximate surface area is 190 Å². The summed E-state index contributed by atoms with van der Waals surface area (Å²) in [4.78, 5) is 14.3. The topological polar surface area (TPSA) is 84.8 Å². The lowest BCUT2D eigenvalue weighted by atomic mass is 10.0. The lowest BCUT2D eigenvalue weighted by molar-refractivity contribution is -0.133. The predicted octanol–water partition coefficient (Wildman–Crippen LogP) is 2.76. The summed E-state index contributed by atoms with van der Waals surface area (Å²) in [6.45, 7) is 2.96. The second-order valence-electron chi connectivity index (χ2n) is 8.50. The number of aryl methyl sites for hydroxylation is 1. The molecule has 2 aromatic carbocycles. The van der Waals surface area contributed by atoms with Crippen LogP contribution in [-0.2, 0) is 30.4 Å². The second kappa shape index (κ2) is 9.03. The van der Waals surface area contributed by atoms with Crippen molar-refractivity contribution < 1.29 is 23.8 Å². The lowest BCUT2D eigenvalue weighted by Gasteiger charge is -2.32. The zero-order chi connectivity index (χ0) is 23.0. The van der Waals surface area contributed by atoms with Crippen LogP contribution in [0.4, 0.5) is 8.78 Å².